The van der Waals surface area contributed by atoms with Gasteiger partial charge in [-0.1, -0.05) is 12.8 Å². The smallest absolute Gasteiger partial charge is 0.0564 e. The summed E-state index contributed by atoms with van der Waals surface area (Å²) in [5.41, 5.74) is 3.11. The predicted octanol–water partition coefficient (Wildman–Crippen LogP) is 3.67. The van der Waals surface area contributed by atoms with Crippen molar-refractivity contribution in [3.05, 3.63) is 24.0 Å². The highest BCUT2D eigenvalue weighted by Gasteiger charge is 2.36. The van der Waals surface area contributed by atoms with Gasteiger partial charge in [-0.15, -0.1) is 0 Å². The molecule has 3 rings (SSSR count). The molecule has 3 heteroatoms. The third-order valence-electron chi connectivity index (χ3n) is 5.16. The lowest BCUT2D eigenvalue weighted by Gasteiger charge is -2.39. The maximum Gasteiger partial charge on any atom is 0.0564 e. The standard InChI is InChI=1S/C17H27N3/c1-2-18-15-5-10-19-16(13-15)14-20-11-8-17(9-12-20)6-3-4-7-17/h5,10,13H,2-4,6-9,11-12,14H2,1H3,(H,18,19). The van der Waals surface area contributed by atoms with Crippen molar-refractivity contribution in [1.82, 2.24) is 9.88 Å². The molecule has 1 aliphatic heterocycles. The van der Waals surface area contributed by atoms with Crippen molar-refractivity contribution < 1.29 is 0 Å². The van der Waals surface area contributed by atoms with Crippen LogP contribution in [0.1, 0.15) is 51.1 Å². The van der Waals surface area contributed by atoms with E-state index in [1.54, 1.807) is 0 Å². The number of likely N-dealkylation sites (tertiary alicyclic amines) is 1. The quantitative estimate of drug-likeness (QED) is 0.907. The molecule has 0 bridgehead atoms. The van der Waals surface area contributed by atoms with Crippen molar-refractivity contribution >= 4 is 5.69 Å². The van der Waals surface area contributed by atoms with Gasteiger partial charge in [-0.3, -0.25) is 9.88 Å². The van der Waals surface area contributed by atoms with E-state index < -0.39 is 0 Å². The minimum absolute atomic E-state index is 0.718. The summed E-state index contributed by atoms with van der Waals surface area (Å²) in [5.74, 6) is 0. The third-order valence-corrected chi connectivity index (χ3v) is 5.16. The molecule has 20 heavy (non-hydrogen) atoms. The molecule has 1 aromatic heterocycles. The molecule has 3 nitrogen and oxygen atoms in total. The highest BCUT2D eigenvalue weighted by atomic mass is 15.1. The number of nitrogens with one attached hydrogen (secondary N) is 1. The molecular formula is C17H27N3. The molecular weight excluding hydrogens is 246 g/mol. The topological polar surface area (TPSA) is 28.2 Å². The van der Waals surface area contributed by atoms with Crippen LogP contribution >= 0.6 is 0 Å². The Morgan fingerprint density at radius 3 is 2.65 bits per heavy atom. The van der Waals surface area contributed by atoms with Crippen LogP contribution in [0.5, 0.6) is 0 Å². The molecule has 2 aliphatic rings. The Kier molecular flexibility index (Phi) is 4.25. The average molecular weight is 273 g/mol. The van der Waals surface area contributed by atoms with Gasteiger partial charge in [0.05, 0.1) is 5.69 Å². The molecule has 1 spiro atoms. The van der Waals surface area contributed by atoms with Gasteiger partial charge in [0.2, 0.25) is 0 Å². The molecule has 0 radical (unpaired) electrons. The third kappa shape index (κ3) is 3.14. The number of pyridine rings is 1. The number of nitrogens with zero attached hydrogens (tertiary/aromatic N) is 2. The first kappa shape index (κ1) is 13.9. The van der Waals surface area contributed by atoms with E-state index in [4.69, 9.17) is 0 Å². The number of rotatable bonds is 4. The monoisotopic (exact) mass is 273 g/mol. The highest BCUT2D eigenvalue weighted by Crippen LogP contribution is 2.46. The molecule has 0 amide bonds. The molecule has 2 heterocycles. The normalized spacial score (nSPS) is 22.2. The van der Waals surface area contributed by atoms with Crippen LogP contribution in [0.15, 0.2) is 18.3 Å². The Morgan fingerprint density at radius 1 is 1.20 bits per heavy atom. The van der Waals surface area contributed by atoms with Crippen molar-refractivity contribution in [2.24, 2.45) is 5.41 Å². The van der Waals surface area contributed by atoms with Crippen molar-refractivity contribution in [2.75, 3.05) is 25.0 Å². The largest absolute Gasteiger partial charge is 0.385 e. The Labute approximate surface area is 122 Å². The predicted molar refractivity (Wildman–Crippen MR) is 83.8 cm³/mol. The summed E-state index contributed by atoms with van der Waals surface area (Å²) in [7, 11) is 0. The van der Waals surface area contributed by atoms with Gasteiger partial charge in [0, 0.05) is 25.0 Å². The van der Waals surface area contributed by atoms with Crippen LogP contribution in [0.3, 0.4) is 0 Å². The van der Waals surface area contributed by atoms with E-state index in [-0.39, 0.29) is 0 Å². The van der Waals surface area contributed by atoms with Gasteiger partial charge in [-0.25, -0.2) is 0 Å². The van der Waals surface area contributed by atoms with Gasteiger partial charge in [-0.2, -0.15) is 0 Å². The first-order chi connectivity index (χ1) is 9.80. The second-order valence-electron chi connectivity index (χ2n) is 6.55. The molecule has 2 fully saturated rings. The summed E-state index contributed by atoms with van der Waals surface area (Å²) in [6.07, 6.45) is 10.6. The zero-order valence-electron chi connectivity index (χ0n) is 12.7. The Bertz CT molecular complexity index is 428. The lowest BCUT2D eigenvalue weighted by atomic mass is 9.77. The van der Waals surface area contributed by atoms with Gasteiger partial charge in [-0.05, 0) is 63.2 Å². The summed E-state index contributed by atoms with van der Waals surface area (Å²) in [4.78, 5) is 7.11. The van der Waals surface area contributed by atoms with E-state index in [1.807, 2.05) is 6.20 Å². The molecule has 1 aliphatic carbocycles. The first-order valence-electron chi connectivity index (χ1n) is 8.21. The second kappa shape index (κ2) is 6.13. The lowest BCUT2D eigenvalue weighted by molar-refractivity contribution is 0.103. The summed E-state index contributed by atoms with van der Waals surface area (Å²) < 4.78 is 0. The van der Waals surface area contributed by atoms with E-state index in [0.717, 1.165) is 18.5 Å². The molecule has 0 unspecified atom stereocenters. The summed E-state index contributed by atoms with van der Waals surface area (Å²) in [6.45, 7) is 6.62. The maximum atomic E-state index is 4.52. The Balaban J connectivity index is 1.55. The van der Waals surface area contributed by atoms with E-state index in [2.05, 4.69) is 34.3 Å². The number of anilines is 1. The minimum Gasteiger partial charge on any atom is -0.385 e. The zero-order chi connectivity index (χ0) is 13.8. The lowest BCUT2D eigenvalue weighted by Crippen LogP contribution is -2.38. The molecule has 1 saturated carbocycles. The van der Waals surface area contributed by atoms with E-state index >= 15 is 0 Å². The summed E-state index contributed by atoms with van der Waals surface area (Å²) >= 11 is 0. The van der Waals surface area contributed by atoms with Crippen LogP contribution in [0.2, 0.25) is 0 Å². The molecule has 110 valence electrons. The maximum absolute atomic E-state index is 4.52. The van der Waals surface area contributed by atoms with E-state index in [1.165, 1.54) is 63.0 Å². The van der Waals surface area contributed by atoms with Crippen molar-refractivity contribution in [1.29, 1.82) is 0 Å². The summed E-state index contributed by atoms with van der Waals surface area (Å²) in [5, 5.41) is 3.37. The van der Waals surface area contributed by atoms with Crippen LogP contribution in [-0.4, -0.2) is 29.5 Å². The SMILES string of the molecule is CCNc1ccnc(CN2CCC3(CCCC3)CC2)c1. The van der Waals surface area contributed by atoms with Gasteiger partial charge >= 0.3 is 0 Å². The van der Waals surface area contributed by atoms with Crippen LogP contribution in [0.25, 0.3) is 0 Å². The van der Waals surface area contributed by atoms with E-state index in [0.29, 0.717) is 0 Å². The van der Waals surface area contributed by atoms with Crippen LogP contribution in [0.4, 0.5) is 5.69 Å². The average Bonchev–Trinajstić information content (AvgIpc) is 2.91. The van der Waals surface area contributed by atoms with Crippen LogP contribution in [-0.2, 0) is 6.54 Å². The van der Waals surface area contributed by atoms with Crippen LogP contribution in [0, 0.1) is 5.41 Å². The van der Waals surface area contributed by atoms with Crippen molar-refractivity contribution in [3.8, 4) is 0 Å². The fraction of sp³-hybridized carbons (Fsp3) is 0.706. The first-order valence-corrected chi connectivity index (χ1v) is 8.21. The molecule has 1 aromatic rings. The van der Waals surface area contributed by atoms with Crippen molar-refractivity contribution in [2.45, 2.75) is 52.0 Å². The van der Waals surface area contributed by atoms with Gasteiger partial charge in [0.25, 0.3) is 0 Å². The Morgan fingerprint density at radius 2 is 1.95 bits per heavy atom. The number of aromatic nitrogens is 1. The number of hydrogen-bond acceptors (Lipinski definition) is 3. The molecule has 1 N–H and O–H groups in total. The fourth-order valence-corrected chi connectivity index (χ4v) is 3.92. The Hall–Kier alpha value is -1.09. The van der Waals surface area contributed by atoms with E-state index in [9.17, 15) is 0 Å². The van der Waals surface area contributed by atoms with Gasteiger partial charge in [0.1, 0.15) is 0 Å². The van der Waals surface area contributed by atoms with Gasteiger partial charge < -0.3 is 5.32 Å². The minimum atomic E-state index is 0.718. The molecule has 1 saturated heterocycles. The van der Waals surface area contributed by atoms with Gasteiger partial charge in [0.15, 0.2) is 0 Å². The highest BCUT2D eigenvalue weighted by molar-refractivity contribution is 5.42. The fourth-order valence-electron chi connectivity index (χ4n) is 3.92. The number of hydrogen-bond donors (Lipinski definition) is 1. The molecule has 0 aromatic carbocycles. The number of piperidine rings is 1. The second-order valence-corrected chi connectivity index (χ2v) is 6.55. The van der Waals surface area contributed by atoms with Crippen LogP contribution < -0.4 is 5.32 Å². The van der Waals surface area contributed by atoms with Crippen molar-refractivity contribution in [3.63, 3.8) is 0 Å². The summed E-state index contributed by atoms with van der Waals surface area (Å²) in [6, 6.07) is 4.25. The molecule has 0 atom stereocenters. The zero-order valence-corrected chi connectivity index (χ0v) is 12.7.